The molecule has 0 aromatic carbocycles. The third kappa shape index (κ3) is 3.51. The van der Waals surface area contributed by atoms with Gasteiger partial charge >= 0.3 is 10.3 Å². The van der Waals surface area contributed by atoms with Crippen molar-refractivity contribution < 1.29 is 13.0 Å². The lowest BCUT2D eigenvalue weighted by molar-refractivity contribution is 0.485. The maximum Gasteiger partial charge on any atom is 0.359 e. The number of nitrogens with zero attached hydrogens (tertiary/aromatic N) is 2. The van der Waals surface area contributed by atoms with Crippen LogP contribution in [-0.2, 0) is 10.3 Å². The van der Waals surface area contributed by atoms with Crippen LogP contribution in [0.1, 0.15) is 0 Å². The van der Waals surface area contributed by atoms with Gasteiger partial charge in [0.05, 0.1) is 0 Å². The molecule has 0 rings (SSSR count). The van der Waals surface area contributed by atoms with E-state index in [4.69, 9.17) is 18.5 Å². The van der Waals surface area contributed by atoms with Crippen molar-refractivity contribution in [2.45, 2.75) is 0 Å². The Morgan fingerprint density at radius 3 is 1.83 bits per heavy atom. The summed E-state index contributed by atoms with van der Waals surface area (Å²) in [7, 11) is -4.48. The molecule has 6 heteroatoms. The van der Waals surface area contributed by atoms with Gasteiger partial charge in [0.15, 0.2) is 0 Å². The van der Waals surface area contributed by atoms with E-state index in [1.165, 1.54) is 0 Å². The second-order valence-corrected chi connectivity index (χ2v) is 1.59. The molecule has 0 unspecified atom stereocenters. The molecule has 6 heavy (non-hydrogen) atoms. The van der Waals surface area contributed by atoms with E-state index >= 15 is 0 Å². The monoisotopic (exact) mass is 109 g/mol. The standard InChI is InChI=1S/HN2O3S/c1-2-6(3,4)5/h(H,3,4,5)/q-1. The van der Waals surface area contributed by atoms with E-state index in [0.29, 0.717) is 0 Å². The zero-order chi connectivity index (χ0) is 5.21. The maximum absolute atomic E-state index is 9.14. The number of rotatable bonds is 1. The highest BCUT2D eigenvalue weighted by atomic mass is 32.2. The first-order valence-corrected chi connectivity index (χ1v) is 2.30. The Kier molecular flexibility index (Phi) is 1.20. The zero-order valence-corrected chi connectivity index (χ0v) is 3.38. The third-order valence-corrected chi connectivity index (χ3v) is 0.310. The summed E-state index contributed by atoms with van der Waals surface area (Å²) in [5.74, 6) is 0. The first kappa shape index (κ1) is 5.51. The highest BCUT2D eigenvalue weighted by molar-refractivity contribution is 7.84. The van der Waals surface area contributed by atoms with E-state index in [-0.39, 0.29) is 0 Å². The summed E-state index contributed by atoms with van der Waals surface area (Å²) in [6.45, 7) is 0. The highest BCUT2D eigenvalue weighted by Crippen LogP contribution is 1.77. The van der Waals surface area contributed by atoms with Gasteiger partial charge in [0.2, 0.25) is 0 Å². The minimum absolute atomic E-state index is 1.55. The molecule has 0 aromatic heterocycles. The van der Waals surface area contributed by atoms with E-state index in [2.05, 4.69) is 0 Å². The Morgan fingerprint density at radius 2 is 1.83 bits per heavy atom. The highest BCUT2D eigenvalue weighted by Gasteiger charge is 1.85. The first-order chi connectivity index (χ1) is 2.56. The summed E-state index contributed by atoms with van der Waals surface area (Å²) in [6.07, 6.45) is 0. The van der Waals surface area contributed by atoms with E-state index in [9.17, 15) is 0 Å². The van der Waals surface area contributed by atoms with Crippen molar-refractivity contribution in [2.24, 2.45) is 4.52 Å². The molecule has 36 valence electrons. The van der Waals surface area contributed by atoms with Crippen molar-refractivity contribution in [3.8, 4) is 0 Å². The smallest absolute Gasteiger partial charge is 0.359 e. The van der Waals surface area contributed by atoms with Crippen LogP contribution in [0.25, 0.3) is 5.53 Å². The Labute approximate surface area is 34.4 Å². The molecule has 0 aromatic rings. The maximum atomic E-state index is 9.14. The molecule has 1 N–H and O–H groups in total. The molecule has 0 saturated heterocycles. The predicted molar refractivity (Wildman–Crippen MR) is 17.3 cm³/mol. The first-order valence-electron chi connectivity index (χ1n) is 0.898. The molecule has 0 heterocycles. The van der Waals surface area contributed by atoms with Gasteiger partial charge in [-0.25, -0.2) is 0 Å². The normalized spacial score (nSPS) is 10.8. The largest absolute Gasteiger partial charge is 0.693 e. The van der Waals surface area contributed by atoms with Crippen molar-refractivity contribution >= 4 is 10.3 Å². The van der Waals surface area contributed by atoms with Crippen LogP contribution < -0.4 is 0 Å². The van der Waals surface area contributed by atoms with Crippen LogP contribution in [0.15, 0.2) is 4.52 Å². The average Bonchev–Trinajstić information content (AvgIpc) is 1.35. The van der Waals surface area contributed by atoms with Crippen molar-refractivity contribution in [1.82, 2.24) is 0 Å². The summed E-state index contributed by atoms with van der Waals surface area (Å²) in [5.41, 5.74) is 7.19. The fraction of sp³-hybridized carbons (Fsp3) is 0. The second-order valence-electron chi connectivity index (χ2n) is 0.529. The summed E-state index contributed by atoms with van der Waals surface area (Å²) >= 11 is 0. The molecule has 0 amide bonds. The van der Waals surface area contributed by atoms with E-state index in [1.807, 2.05) is 0 Å². The van der Waals surface area contributed by atoms with Gasteiger partial charge in [0.1, 0.15) is 0 Å². The van der Waals surface area contributed by atoms with Crippen LogP contribution >= 0.6 is 0 Å². The van der Waals surface area contributed by atoms with Crippen molar-refractivity contribution in [2.75, 3.05) is 0 Å². The molecular formula is HN2O3S-. The van der Waals surface area contributed by atoms with Gasteiger partial charge in [-0.15, -0.1) is 0 Å². The minimum atomic E-state index is -4.48. The summed E-state index contributed by atoms with van der Waals surface area (Å²) in [5, 5.41) is 0. The quantitative estimate of drug-likeness (QED) is 0.373. The van der Waals surface area contributed by atoms with Crippen molar-refractivity contribution in [1.29, 1.82) is 0 Å². The SMILES string of the molecule is [N-]=NS(=O)(=O)O. The lowest BCUT2D eigenvalue weighted by Gasteiger charge is -1.81. The second kappa shape index (κ2) is 1.31. The Hall–Kier alpha value is -0.490. The fourth-order valence-corrected chi connectivity index (χ4v) is 0. The lowest BCUT2D eigenvalue weighted by Crippen LogP contribution is -1.85. The van der Waals surface area contributed by atoms with Crippen LogP contribution in [0, 0.1) is 0 Å². The summed E-state index contributed by atoms with van der Waals surface area (Å²) in [6, 6.07) is 0. The Morgan fingerprint density at radius 1 is 1.67 bits per heavy atom. The molecule has 0 atom stereocenters. The Balaban J connectivity index is 4.25. The van der Waals surface area contributed by atoms with E-state index in [1.54, 1.807) is 4.52 Å². The van der Waals surface area contributed by atoms with Crippen molar-refractivity contribution in [3.05, 3.63) is 5.53 Å². The fourth-order valence-electron chi connectivity index (χ4n) is 0. The van der Waals surface area contributed by atoms with Gasteiger partial charge in [-0.05, 0) is 0 Å². The van der Waals surface area contributed by atoms with Crippen LogP contribution in [0.4, 0.5) is 0 Å². The topological polar surface area (TPSA) is 89.0 Å². The molecule has 0 aliphatic rings. The molecule has 0 radical (unpaired) electrons. The molecule has 0 aliphatic heterocycles. The summed E-state index contributed by atoms with van der Waals surface area (Å²) in [4.78, 5) is 0. The zero-order valence-electron chi connectivity index (χ0n) is 2.57. The van der Waals surface area contributed by atoms with Gasteiger partial charge in [0, 0.05) is 0 Å². The van der Waals surface area contributed by atoms with Crippen LogP contribution in [0.5, 0.6) is 0 Å². The van der Waals surface area contributed by atoms with Crippen LogP contribution in [-0.4, -0.2) is 13.0 Å². The molecule has 0 saturated carbocycles. The molecular weight excluding hydrogens is 108 g/mol. The molecule has 5 nitrogen and oxygen atoms in total. The van der Waals surface area contributed by atoms with Crippen LogP contribution in [0.2, 0.25) is 0 Å². The van der Waals surface area contributed by atoms with Gasteiger partial charge in [0.25, 0.3) is 0 Å². The predicted octanol–water partition coefficient (Wildman–Crippen LogP) is -0.189. The number of hydrogen-bond acceptors (Lipinski definition) is 2. The molecule has 0 bridgehead atoms. The van der Waals surface area contributed by atoms with E-state index < -0.39 is 10.3 Å². The molecule has 0 fully saturated rings. The van der Waals surface area contributed by atoms with Gasteiger partial charge in [-0.2, -0.15) is 8.42 Å². The van der Waals surface area contributed by atoms with Gasteiger partial charge in [-0.3, -0.25) is 9.07 Å². The minimum Gasteiger partial charge on any atom is -0.693 e. The average molecular weight is 109 g/mol. The molecule has 0 aliphatic carbocycles. The van der Waals surface area contributed by atoms with Gasteiger partial charge < -0.3 is 5.53 Å². The van der Waals surface area contributed by atoms with Gasteiger partial charge in [-0.1, -0.05) is 0 Å². The number of hydrogen-bond donors (Lipinski definition) is 1. The lowest BCUT2D eigenvalue weighted by atomic mass is 13.3. The summed E-state index contributed by atoms with van der Waals surface area (Å²) < 4.78 is 27.2. The van der Waals surface area contributed by atoms with Crippen molar-refractivity contribution in [3.63, 3.8) is 0 Å². The van der Waals surface area contributed by atoms with Crippen LogP contribution in [0.3, 0.4) is 0 Å². The molecule has 0 spiro atoms. The third-order valence-electron chi connectivity index (χ3n) is 0.103. The Bertz CT molecular complexity index is 119. The van der Waals surface area contributed by atoms with E-state index in [0.717, 1.165) is 0 Å².